The third-order valence-corrected chi connectivity index (χ3v) is 4.08. The molecule has 0 unspecified atom stereocenters. The van der Waals surface area contributed by atoms with Gasteiger partial charge in [0.25, 0.3) is 11.5 Å². The first-order chi connectivity index (χ1) is 12.0. The number of nitrogens with two attached hydrogens (primary N) is 1. The number of fused-ring (bicyclic) bond motifs is 1. The van der Waals surface area contributed by atoms with Crippen LogP contribution < -0.4 is 11.3 Å². The summed E-state index contributed by atoms with van der Waals surface area (Å²) in [6.07, 6.45) is 0. The van der Waals surface area contributed by atoms with Crippen molar-refractivity contribution in [1.29, 1.82) is 0 Å². The van der Waals surface area contributed by atoms with Gasteiger partial charge in [0, 0.05) is 24.0 Å². The summed E-state index contributed by atoms with van der Waals surface area (Å²) >= 11 is 0. The van der Waals surface area contributed by atoms with Crippen LogP contribution in [0, 0.1) is 0 Å². The van der Waals surface area contributed by atoms with Crippen LogP contribution in [0.25, 0.3) is 22.2 Å². The molecule has 1 aromatic carbocycles. The number of carbonyl (C=O) groups is 1. The zero-order valence-electron chi connectivity index (χ0n) is 13.9. The molecule has 3 aromatic rings. The number of aliphatic hydroxyl groups excluding tert-OH is 1. The summed E-state index contributed by atoms with van der Waals surface area (Å²) in [5, 5.41) is 9.98. The smallest absolute Gasteiger partial charge is 0.265 e. The molecule has 0 saturated carbocycles. The van der Waals surface area contributed by atoms with Crippen LogP contribution in [0.3, 0.4) is 0 Å². The minimum absolute atomic E-state index is 0.0825. The van der Waals surface area contributed by atoms with E-state index in [4.69, 9.17) is 10.8 Å². The molecule has 3 rings (SSSR count). The van der Waals surface area contributed by atoms with Gasteiger partial charge in [0.05, 0.1) is 17.9 Å². The number of aliphatic hydroxyl groups is 1. The first kappa shape index (κ1) is 16.9. The molecule has 0 aliphatic heterocycles. The van der Waals surface area contributed by atoms with Crippen molar-refractivity contribution >= 4 is 16.8 Å². The van der Waals surface area contributed by atoms with Crippen LogP contribution in [0.1, 0.15) is 16.1 Å². The molecule has 0 aliphatic rings. The van der Waals surface area contributed by atoms with Crippen molar-refractivity contribution in [3.8, 4) is 11.3 Å². The zero-order chi connectivity index (χ0) is 18.0. The Labute approximate surface area is 144 Å². The number of nitrogens with one attached hydrogen (secondary N) is 2. The molecule has 130 valence electrons. The van der Waals surface area contributed by atoms with E-state index in [1.807, 2.05) is 30.1 Å². The molecule has 1 amide bonds. The fourth-order valence-electron chi connectivity index (χ4n) is 2.82. The summed E-state index contributed by atoms with van der Waals surface area (Å²) in [5.41, 5.74) is 8.04. The molecule has 0 spiro atoms. The lowest BCUT2D eigenvalue weighted by Gasteiger charge is -2.14. The second-order valence-corrected chi connectivity index (χ2v) is 6.05. The van der Waals surface area contributed by atoms with Gasteiger partial charge in [0.1, 0.15) is 5.69 Å². The minimum atomic E-state index is -0.670. The lowest BCUT2D eigenvalue weighted by atomic mass is 10.1. The number of hydrogen-bond acceptors (Lipinski definition) is 4. The zero-order valence-corrected chi connectivity index (χ0v) is 13.9. The third kappa shape index (κ3) is 3.62. The highest BCUT2D eigenvalue weighted by molar-refractivity contribution is 5.91. The number of nitrogens with zero attached hydrogens (tertiary/aromatic N) is 1. The Morgan fingerprint density at radius 1 is 1.20 bits per heavy atom. The summed E-state index contributed by atoms with van der Waals surface area (Å²) < 4.78 is 0. The summed E-state index contributed by atoms with van der Waals surface area (Å²) in [7, 11) is 1.95. The van der Waals surface area contributed by atoms with Gasteiger partial charge in [0.15, 0.2) is 0 Å². The lowest BCUT2D eigenvalue weighted by Crippen LogP contribution is -2.21. The predicted molar refractivity (Wildman–Crippen MR) is 96.3 cm³/mol. The number of aromatic nitrogens is 2. The summed E-state index contributed by atoms with van der Waals surface area (Å²) in [4.78, 5) is 31.1. The topological polar surface area (TPSA) is 115 Å². The van der Waals surface area contributed by atoms with Gasteiger partial charge in [-0.25, -0.2) is 0 Å². The van der Waals surface area contributed by atoms with E-state index in [1.54, 1.807) is 6.07 Å². The second kappa shape index (κ2) is 6.92. The number of hydrogen-bond donors (Lipinski definition) is 4. The number of pyridine rings is 1. The molecule has 0 fully saturated rings. The number of aromatic amines is 2. The van der Waals surface area contributed by atoms with Crippen LogP contribution >= 0.6 is 0 Å². The van der Waals surface area contributed by atoms with E-state index < -0.39 is 5.91 Å². The maximum absolute atomic E-state index is 12.2. The third-order valence-electron chi connectivity index (χ3n) is 4.08. The molecule has 0 saturated heterocycles. The maximum atomic E-state index is 12.2. The molecule has 0 radical (unpaired) electrons. The van der Waals surface area contributed by atoms with Gasteiger partial charge >= 0.3 is 0 Å². The number of H-pyrrole nitrogens is 2. The monoisotopic (exact) mass is 340 g/mol. The van der Waals surface area contributed by atoms with E-state index in [-0.39, 0.29) is 17.9 Å². The molecule has 7 nitrogen and oxygen atoms in total. The molecule has 0 aliphatic carbocycles. The average Bonchev–Trinajstić information content (AvgIpc) is 2.97. The van der Waals surface area contributed by atoms with Crippen molar-refractivity contribution in [3.63, 3.8) is 0 Å². The quantitative estimate of drug-likeness (QED) is 0.537. The standard InChI is InChI=1S/C18H20N4O3/c1-22(6-7-23)10-11-2-4-14-12(8-11)9-16(20-14)13-3-5-15(17(19)24)21-18(13)25/h2-5,8-9,20,23H,6-7,10H2,1H3,(H2,19,24)(H,21,25). The Balaban J connectivity index is 1.94. The Morgan fingerprint density at radius 3 is 2.68 bits per heavy atom. The van der Waals surface area contributed by atoms with Crippen molar-refractivity contribution in [2.45, 2.75) is 6.54 Å². The van der Waals surface area contributed by atoms with E-state index in [1.165, 1.54) is 6.07 Å². The molecular weight excluding hydrogens is 320 g/mol. The van der Waals surface area contributed by atoms with Crippen LogP contribution in [-0.4, -0.2) is 46.1 Å². The molecule has 25 heavy (non-hydrogen) atoms. The normalized spacial score (nSPS) is 11.3. The molecule has 0 bridgehead atoms. The van der Waals surface area contributed by atoms with Gasteiger partial charge in [-0.05, 0) is 42.9 Å². The van der Waals surface area contributed by atoms with Gasteiger partial charge in [-0.15, -0.1) is 0 Å². The van der Waals surface area contributed by atoms with Gasteiger partial charge in [-0.2, -0.15) is 0 Å². The summed E-state index contributed by atoms with van der Waals surface area (Å²) in [5.74, 6) is -0.670. The van der Waals surface area contributed by atoms with Crippen molar-refractivity contribution in [2.75, 3.05) is 20.2 Å². The minimum Gasteiger partial charge on any atom is -0.395 e. The van der Waals surface area contributed by atoms with Gasteiger partial charge in [-0.3, -0.25) is 14.5 Å². The van der Waals surface area contributed by atoms with E-state index >= 15 is 0 Å². The van der Waals surface area contributed by atoms with E-state index in [2.05, 4.69) is 16.0 Å². The predicted octanol–water partition coefficient (Wildman–Crippen LogP) is 1.05. The number of carbonyl (C=O) groups excluding carboxylic acids is 1. The number of benzene rings is 1. The average molecular weight is 340 g/mol. The number of primary amides is 1. The number of rotatable bonds is 6. The van der Waals surface area contributed by atoms with Crippen LogP contribution in [-0.2, 0) is 6.54 Å². The van der Waals surface area contributed by atoms with Crippen LogP contribution in [0.4, 0.5) is 0 Å². The molecule has 2 heterocycles. The highest BCUT2D eigenvalue weighted by Crippen LogP contribution is 2.23. The number of amides is 1. The van der Waals surface area contributed by atoms with Crippen molar-refractivity contribution in [3.05, 3.63) is 58.0 Å². The highest BCUT2D eigenvalue weighted by atomic mass is 16.3. The van der Waals surface area contributed by atoms with Crippen molar-refractivity contribution in [1.82, 2.24) is 14.9 Å². The van der Waals surface area contributed by atoms with Gasteiger partial charge < -0.3 is 20.8 Å². The van der Waals surface area contributed by atoms with Crippen LogP contribution in [0.15, 0.2) is 41.2 Å². The maximum Gasteiger partial charge on any atom is 0.265 e. The molecule has 0 atom stereocenters. The van der Waals surface area contributed by atoms with Crippen LogP contribution in [0.5, 0.6) is 0 Å². The molecule has 7 heteroatoms. The first-order valence-electron chi connectivity index (χ1n) is 7.92. The fraction of sp³-hybridized carbons (Fsp3) is 0.222. The highest BCUT2D eigenvalue weighted by Gasteiger charge is 2.10. The molecule has 5 N–H and O–H groups in total. The summed E-state index contributed by atoms with van der Waals surface area (Å²) in [6.45, 7) is 1.46. The number of likely N-dealkylation sites (N-methyl/N-ethyl adjacent to an activating group) is 1. The SMILES string of the molecule is CN(CCO)Cc1ccc2[nH]c(-c3ccc(C(N)=O)[nH]c3=O)cc2c1. The largest absolute Gasteiger partial charge is 0.395 e. The Kier molecular flexibility index (Phi) is 4.69. The van der Waals surface area contributed by atoms with E-state index in [0.717, 1.165) is 23.0 Å². The van der Waals surface area contributed by atoms with E-state index in [0.29, 0.717) is 17.8 Å². The Hall–Kier alpha value is -2.90. The molecule has 2 aromatic heterocycles. The Bertz CT molecular complexity index is 974. The van der Waals surface area contributed by atoms with Gasteiger partial charge in [0.2, 0.25) is 0 Å². The lowest BCUT2D eigenvalue weighted by molar-refractivity contribution is 0.0995. The van der Waals surface area contributed by atoms with Crippen LogP contribution in [0.2, 0.25) is 0 Å². The van der Waals surface area contributed by atoms with Crippen molar-refractivity contribution in [2.24, 2.45) is 5.73 Å². The first-order valence-corrected chi connectivity index (χ1v) is 7.92. The van der Waals surface area contributed by atoms with Gasteiger partial charge in [-0.1, -0.05) is 6.07 Å². The van der Waals surface area contributed by atoms with E-state index in [9.17, 15) is 9.59 Å². The molecular formula is C18H20N4O3. The second-order valence-electron chi connectivity index (χ2n) is 6.05. The fourth-order valence-corrected chi connectivity index (χ4v) is 2.82. The summed E-state index contributed by atoms with van der Waals surface area (Å²) in [6, 6.07) is 11.0. The van der Waals surface area contributed by atoms with Crippen molar-refractivity contribution < 1.29 is 9.90 Å². The Morgan fingerprint density at radius 2 is 2.00 bits per heavy atom.